The second-order valence-corrected chi connectivity index (χ2v) is 6.95. The Hall–Kier alpha value is -1.14. The Kier molecular flexibility index (Phi) is 5.58. The number of hydrogen-bond acceptors (Lipinski definition) is 6. The Morgan fingerprint density at radius 1 is 1.62 bits per heavy atom. The summed E-state index contributed by atoms with van der Waals surface area (Å²) >= 11 is 1.72. The maximum Gasteiger partial charge on any atom is 0.326 e. The standard InChI is InChI=1S/C15H23N3O2S/c1-4-20-14(19)15(18-11(2)3)7-5-12(9-15)21-13-6-8-16-10-17-13/h6,8,10-12,18H,4-5,7,9H2,1-3H3. The summed E-state index contributed by atoms with van der Waals surface area (Å²) in [6.07, 6.45) is 5.87. The van der Waals surface area contributed by atoms with Crippen LogP contribution in [0.25, 0.3) is 0 Å². The van der Waals surface area contributed by atoms with E-state index in [1.807, 2.05) is 13.0 Å². The second kappa shape index (κ2) is 7.22. The molecule has 1 saturated carbocycles. The summed E-state index contributed by atoms with van der Waals surface area (Å²) in [4.78, 5) is 20.6. The van der Waals surface area contributed by atoms with E-state index < -0.39 is 5.54 Å². The summed E-state index contributed by atoms with van der Waals surface area (Å²) < 4.78 is 5.29. The molecule has 1 aliphatic carbocycles. The zero-order valence-corrected chi connectivity index (χ0v) is 13.7. The Morgan fingerprint density at radius 3 is 3.05 bits per heavy atom. The van der Waals surface area contributed by atoms with Crippen LogP contribution in [0.1, 0.15) is 40.0 Å². The van der Waals surface area contributed by atoms with Gasteiger partial charge in [0.1, 0.15) is 11.9 Å². The summed E-state index contributed by atoms with van der Waals surface area (Å²) in [5.41, 5.74) is -0.547. The van der Waals surface area contributed by atoms with Crippen LogP contribution in [-0.2, 0) is 9.53 Å². The van der Waals surface area contributed by atoms with E-state index in [1.54, 1.807) is 24.3 Å². The van der Waals surface area contributed by atoms with Crippen molar-refractivity contribution in [2.24, 2.45) is 0 Å². The zero-order valence-electron chi connectivity index (χ0n) is 12.8. The van der Waals surface area contributed by atoms with Gasteiger partial charge in [-0.2, -0.15) is 0 Å². The van der Waals surface area contributed by atoms with Gasteiger partial charge in [0.05, 0.1) is 11.6 Å². The second-order valence-electron chi connectivity index (χ2n) is 5.63. The van der Waals surface area contributed by atoms with Gasteiger partial charge in [0, 0.05) is 17.5 Å². The molecule has 0 radical (unpaired) electrons. The Balaban J connectivity index is 2.05. The van der Waals surface area contributed by atoms with Crippen LogP contribution in [0, 0.1) is 0 Å². The molecule has 1 heterocycles. The quantitative estimate of drug-likeness (QED) is 0.643. The van der Waals surface area contributed by atoms with Crippen LogP contribution in [0.2, 0.25) is 0 Å². The first-order chi connectivity index (χ1) is 10.1. The highest BCUT2D eigenvalue weighted by Crippen LogP contribution is 2.40. The van der Waals surface area contributed by atoms with Crippen molar-refractivity contribution >= 4 is 17.7 Å². The molecule has 2 unspecified atom stereocenters. The highest BCUT2D eigenvalue weighted by atomic mass is 32.2. The molecular formula is C15H23N3O2S. The van der Waals surface area contributed by atoms with Gasteiger partial charge in [0.15, 0.2) is 0 Å². The molecule has 2 atom stereocenters. The third-order valence-electron chi connectivity index (χ3n) is 3.54. The topological polar surface area (TPSA) is 64.1 Å². The van der Waals surface area contributed by atoms with Gasteiger partial charge >= 0.3 is 5.97 Å². The molecule has 1 aromatic rings. The van der Waals surface area contributed by atoms with Crippen molar-refractivity contribution in [2.75, 3.05) is 6.61 Å². The highest BCUT2D eigenvalue weighted by Gasteiger charge is 2.47. The van der Waals surface area contributed by atoms with E-state index in [0.29, 0.717) is 11.9 Å². The molecule has 0 aliphatic heterocycles. The molecule has 1 aromatic heterocycles. The van der Waals surface area contributed by atoms with Gasteiger partial charge in [-0.1, -0.05) is 0 Å². The third kappa shape index (κ3) is 4.17. The van der Waals surface area contributed by atoms with Gasteiger partial charge in [-0.25, -0.2) is 9.97 Å². The lowest BCUT2D eigenvalue weighted by Gasteiger charge is -2.30. The van der Waals surface area contributed by atoms with Gasteiger partial charge in [-0.3, -0.25) is 10.1 Å². The number of carbonyl (C=O) groups excluding carboxylic acids is 1. The SMILES string of the molecule is CCOC(=O)C1(NC(C)C)CCC(Sc2ccncn2)C1. The maximum absolute atomic E-state index is 12.4. The number of esters is 1. The maximum atomic E-state index is 12.4. The predicted octanol–water partition coefficient (Wildman–Crippen LogP) is 2.42. The Bertz CT molecular complexity index is 469. The lowest BCUT2D eigenvalue weighted by molar-refractivity contribution is -0.151. The summed E-state index contributed by atoms with van der Waals surface area (Å²) in [5, 5.41) is 4.76. The summed E-state index contributed by atoms with van der Waals surface area (Å²) in [6, 6.07) is 2.16. The lowest BCUT2D eigenvalue weighted by atomic mass is 9.96. The number of ether oxygens (including phenoxy) is 1. The molecule has 2 rings (SSSR count). The smallest absolute Gasteiger partial charge is 0.326 e. The summed E-state index contributed by atoms with van der Waals surface area (Å²) in [5.74, 6) is -0.121. The fourth-order valence-corrected chi connectivity index (χ4v) is 4.01. The largest absolute Gasteiger partial charge is 0.465 e. The number of aromatic nitrogens is 2. The first kappa shape index (κ1) is 16.2. The van der Waals surface area contributed by atoms with Crippen LogP contribution in [0.15, 0.2) is 23.6 Å². The summed E-state index contributed by atoms with van der Waals surface area (Å²) in [6.45, 7) is 6.39. The van der Waals surface area contributed by atoms with E-state index in [-0.39, 0.29) is 12.0 Å². The number of thioether (sulfide) groups is 1. The van der Waals surface area contributed by atoms with Crippen LogP contribution in [0.4, 0.5) is 0 Å². The average molecular weight is 309 g/mol. The number of hydrogen-bond donors (Lipinski definition) is 1. The first-order valence-electron chi connectivity index (χ1n) is 7.43. The normalized spacial score (nSPS) is 25.2. The fourth-order valence-electron chi connectivity index (χ4n) is 2.82. The Morgan fingerprint density at radius 2 is 2.43 bits per heavy atom. The predicted molar refractivity (Wildman–Crippen MR) is 83.2 cm³/mol. The van der Waals surface area contributed by atoms with E-state index in [0.717, 1.165) is 24.3 Å². The minimum Gasteiger partial charge on any atom is -0.465 e. The van der Waals surface area contributed by atoms with Crippen molar-refractivity contribution in [1.82, 2.24) is 15.3 Å². The molecule has 0 aromatic carbocycles. The van der Waals surface area contributed by atoms with E-state index in [9.17, 15) is 4.79 Å². The number of nitrogens with zero attached hydrogens (tertiary/aromatic N) is 2. The van der Waals surface area contributed by atoms with Crippen LogP contribution >= 0.6 is 11.8 Å². The van der Waals surface area contributed by atoms with Crippen LogP contribution in [0.5, 0.6) is 0 Å². The molecule has 21 heavy (non-hydrogen) atoms. The van der Waals surface area contributed by atoms with Crippen LogP contribution in [-0.4, -0.2) is 39.4 Å². The van der Waals surface area contributed by atoms with Gasteiger partial charge in [-0.05, 0) is 46.1 Å². The molecule has 0 saturated heterocycles. The monoisotopic (exact) mass is 309 g/mol. The molecule has 0 amide bonds. The molecule has 1 fully saturated rings. The van der Waals surface area contributed by atoms with E-state index in [4.69, 9.17) is 4.74 Å². The van der Waals surface area contributed by atoms with Gasteiger partial charge in [0.2, 0.25) is 0 Å². The van der Waals surface area contributed by atoms with Crippen molar-refractivity contribution in [1.29, 1.82) is 0 Å². The molecule has 1 aliphatic rings. The molecule has 0 bridgehead atoms. The summed E-state index contributed by atoms with van der Waals surface area (Å²) in [7, 11) is 0. The third-order valence-corrected chi connectivity index (χ3v) is 4.76. The molecule has 5 nitrogen and oxygen atoms in total. The fraction of sp³-hybridized carbons (Fsp3) is 0.667. The lowest BCUT2D eigenvalue weighted by Crippen LogP contribution is -2.54. The Labute approximate surface area is 130 Å². The molecule has 1 N–H and O–H groups in total. The van der Waals surface area contributed by atoms with Crippen molar-refractivity contribution in [3.63, 3.8) is 0 Å². The van der Waals surface area contributed by atoms with Crippen LogP contribution in [0.3, 0.4) is 0 Å². The van der Waals surface area contributed by atoms with Gasteiger partial charge < -0.3 is 4.74 Å². The van der Waals surface area contributed by atoms with Gasteiger partial charge in [0.25, 0.3) is 0 Å². The minimum atomic E-state index is -0.547. The number of rotatable bonds is 6. The molecule has 6 heteroatoms. The number of carbonyl (C=O) groups is 1. The van der Waals surface area contributed by atoms with Crippen molar-refractivity contribution in [3.05, 3.63) is 18.6 Å². The zero-order chi connectivity index (χ0) is 15.3. The molecule has 0 spiro atoms. The van der Waals surface area contributed by atoms with E-state index >= 15 is 0 Å². The average Bonchev–Trinajstić information content (AvgIpc) is 2.83. The number of nitrogens with one attached hydrogen (secondary N) is 1. The van der Waals surface area contributed by atoms with Crippen molar-refractivity contribution < 1.29 is 9.53 Å². The van der Waals surface area contributed by atoms with Crippen molar-refractivity contribution in [2.45, 2.75) is 61.9 Å². The first-order valence-corrected chi connectivity index (χ1v) is 8.31. The molecular weight excluding hydrogens is 286 g/mol. The minimum absolute atomic E-state index is 0.121. The van der Waals surface area contributed by atoms with Crippen molar-refractivity contribution in [3.8, 4) is 0 Å². The van der Waals surface area contributed by atoms with Gasteiger partial charge in [-0.15, -0.1) is 11.8 Å². The highest BCUT2D eigenvalue weighted by molar-refractivity contribution is 7.99. The van der Waals surface area contributed by atoms with E-state index in [1.165, 1.54) is 0 Å². The molecule has 116 valence electrons. The van der Waals surface area contributed by atoms with Crippen LogP contribution < -0.4 is 5.32 Å². The van der Waals surface area contributed by atoms with E-state index in [2.05, 4.69) is 29.1 Å².